The molecule has 4 rings (SSSR count). The van der Waals surface area contributed by atoms with Crippen LogP contribution in [0.2, 0.25) is 0 Å². The smallest absolute Gasteiger partial charge is 0.283 e. The lowest BCUT2D eigenvalue weighted by atomic mass is 10.1. The lowest BCUT2D eigenvalue weighted by Gasteiger charge is -2.20. The molecule has 0 unspecified atom stereocenters. The molecular formula is C23H25N5O2S. The molecule has 8 heteroatoms. The van der Waals surface area contributed by atoms with Gasteiger partial charge in [-0.05, 0) is 68.3 Å². The number of aryl methyl sites for hydroxylation is 1. The fourth-order valence-electron chi connectivity index (χ4n) is 3.74. The number of aromatic nitrogens is 1. The normalized spacial score (nSPS) is 17.2. The summed E-state index contributed by atoms with van der Waals surface area (Å²) in [6, 6.07) is 9.81. The predicted octanol–water partition coefficient (Wildman–Crippen LogP) is 4.91. The van der Waals surface area contributed by atoms with Crippen LogP contribution in [0.3, 0.4) is 0 Å². The molecule has 7 nitrogen and oxygen atoms in total. The van der Waals surface area contributed by atoms with Gasteiger partial charge in [0.05, 0.1) is 18.4 Å². The molecule has 2 aliphatic rings. The van der Waals surface area contributed by atoms with E-state index in [0.29, 0.717) is 5.17 Å². The van der Waals surface area contributed by atoms with Gasteiger partial charge in [-0.3, -0.25) is 10.2 Å². The third-order valence-electron chi connectivity index (χ3n) is 5.34. The third-order valence-corrected chi connectivity index (χ3v) is 6.30. The molecule has 0 spiro atoms. The molecule has 2 aliphatic heterocycles. The first kappa shape index (κ1) is 21.1. The number of amidine groups is 2. The highest BCUT2D eigenvalue weighted by molar-refractivity contribution is 8.26. The largest absolute Gasteiger partial charge is 0.495 e. The highest BCUT2D eigenvalue weighted by atomic mass is 32.2. The van der Waals surface area contributed by atoms with Crippen molar-refractivity contribution in [1.29, 1.82) is 5.41 Å². The van der Waals surface area contributed by atoms with Crippen molar-refractivity contribution in [3.63, 3.8) is 0 Å². The lowest BCUT2D eigenvalue weighted by Crippen LogP contribution is -2.35. The molecule has 1 aromatic carbocycles. The van der Waals surface area contributed by atoms with Crippen LogP contribution in [0, 0.1) is 19.3 Å². The van der Waals surface area contributed by atoms with Gasteiger partial charge in [-0.1, -0.05) is 25.5 Å². The monoisotopic (exact) mass is 435 g/mol. The van der Waals surface area contributed by atoms with Crippen molar-refractivity contribution in [2.45, 2.75) is 40.0 Å². The Morgan fingerprint density at radius 1 is 1.26 bits per heavy atom. The molecule has 0 aliphatic carbocycles. The molecule has 1 amide bonds. The van der Waals surface area contributed by atoms with Gasteiger partial charge in [-0.25, -0.2) is 0 Å². The zero-order chi connectivity index (χ0) is 22.1. The van der Waals surface area contributed by atoms with Crippen molar-refractivity contribution in [1.82, 2.24) is 9.58 Å². The number of carbonyl (C=O) groups excluding carboxylic acids is 1. The SMILES string of the molecule is CCCCC1=NN2C(=N)/C(=C\c3cc(C)n(-c4ccccc4OC)c3C)C(=O)N=C2S1. The summed E-state index contributed by atoms with van der Waals surface area (Å²) < 4.78 is 7.61. The van der Waals surface area contributed by atoms with Crippen LogP contribution < -0.4 is 4.74 Å². The molecule has 0 bridgehead atoms. The van der Waals surface area contributed by atoms with E-state index in [1.165, 1.54) is 16.8 Å². The Bertz CT molecular complexity index is 1160. The van der Waals surface area contributed by atoms with Crippen LogP contribution in [-0.2, 0) is 4.79 Å². The summed E-state index contributed by atoms with van der Waals surface area (Å²) in [6.45, 7) is 6.12. The number of amides is 1. The van der Waals surface area contributed by atoms with Crippen LogP contribution in [-0.4, -0.2) is 38.6 Å². The Kier molecular flexibility index (Phi) is 5.82. The number of unbranched alkanes of at least 4 members (excludes halogenated alkanes) is 1. The molecule has 31 heavy (non-hydrogen) atoms. The first-order chi connectivity index (χ1) is 14.9. The third kappa shape index (κ3) is 3.83. The summed E-state index contributed by atoms with van der Waals surface area (Å²) in [6.07, 6.45) is 4.65. The number of hydrogen-bond acceptors (Lipinski definition) is 5. The molecule has 0 radical (unpaired) electrons. The maximum atomic E-state index is 12.7. The average molecular weight is 436 g/mol. The predicted molar refractivity (Wildman–Crippen MR) is 126 cm³/mol. The van der Waals surface area contributed by atoms with E-state index < -0.39 is 5.91 Å². The Labute approximate surface area is 186 Å². The number of carbonyl (C=O) groups is 1. The molecule has 0 atom stereocenters. The Balaban J connectivity index is 1.71. The average Bonchev–Trinajstić information content (AvgIpc) is 3.29. The molecule has 2 aromatic rings. The van der Waals surface area contributed by atoms with Gasteiger partial charge in [0.15, 0.2) is 5.84 Å². The highest BCUT2D eigenvalue weighted by Gasteiger charge is 2.35. The summed E-state index contributed by atoms with van der Waals surface area (Å²) in [7, 11) is 1.65. The fourth-order valence-corrected chi connectivity index (χ4v) is 4.66. The van der Waals surface area contributed by atoms with E-state index in [0.717, 1.165) is 52.7 Å². The van der Waals surface area contributed by atoms with E-state index in [1.54, 1.807) is 13.2 Å². The van der Waals surface area contributed by atoms with Crippen molar-refractivity contribution in [3.05, 3.63) is 52.9 Å². The van der Waals surface area contributed by atoms with Gasteiger partial charge >= 0.3 is 0 Å². The number of hydrazone groups is 1. The van der Waals surface area contributed by atoms with Crippen LogP contribution in [0.4, 0.5) is 0 Å². The number of benzene rings is 1. The van der Waals surface area contributed by atoms with Crippen LogP contribution in [0.1, 0.15) is 43.1 Å². The molecule has 1 aromatic heterocycles. The molecule has 1 N–H and O–H groups in total. The summed E-state index contributed by atoms with van der Waals surface area (Å²) in [4.78, 5) is 16.9. The van der Waals surface area contributed by atoms with E-state index in [1.807, 2.05) is 44.2 Å². The Hall–Kier alpha value is -3.13. The van der Waals surface area contributed by atoms with Gasteiger partial charge in [-0.15, -0.1) is 0 Å². The Morgan fingerprint density at radius 2 is 2.03 bits per heavy atom. The standard InChI is InChI=1S/C23H25N5O2S/c1-5-6-11-20-26-28-21(24)17(22(29)25-23(28)31-20)13-16-12-14(2)27(15(16)3)18-9-7-8-10-19(18)30-4/h7-10,12-13,24H,5-6,11H2,1-4H3/b17-13+,24-21?. The van der Waals surface area contributed by atoms with Crippen molar-refractivity contribution >= 4 is 39.8 Å². The van der Waals surface area contributed by atoms with Gasteiger partial charge in [0.25, 0.3) is 5.91 Å². The minimum Gasteiger partial charge on any atom is -0.495 e. The number of fused-ring (bicyclic) bond motifs is 1. The van der Waals surface area contributed by atoms with Crippen LogP contribution >= 0.6 is 11.8 Å². The van der Waals surface area contributed by atoms with E-state index in [2.05, 4.69) is 21.6 Å². The maximum absolute atomic E-state index is 12.7. The second-order valence-corrected chi connectivity index (χ2v) is 8.49. The summed E-state index contributed by atoms with van der Waals surface area (Å²) >= 11 is 1.38. The van der Waals surface area contributed by atoms with Crippen LogP contribution in [0.5, 0.6) is 5.75 Å². The quantitative estimate of drug-likeness (QED) is 0.654. The minimum absolute atomic E-state index is 0.0658. The zero-order valence-corrected chi connectivity index (χ0v) is 18.9. The van der Waals surface area contributed by atoms with Gasteiger partial charge < -0.3 is 9.30 Å². The number of thioether (sulfide) groups is 1. The Morgan fingerprint density at radius 3 is 2.77 bits per heavy atom. The van der Waals surface area contributed by atoms with E-state index in [9.17, 15) is 4.79 Å². The van der Waals surface area contributed by atoms with E-state index >= 15 is 0 Å². The van der Waals surface area contributed by atoms with Gasteiger partial charge in [0.1, 0.15) is 10.8 Å². The number of hydrogen-bond donors (Lipinski definition) is 1. The molecule has 0 saturated heterocycles. The first-order valence-corrected chi connectivity index (χ1v) is 11.1. The number of nitrogens with zero attached hydrogens (tertiary/aromatic N) is 4. The van der Waals surface area contributed by atoms with Crippen molar-refractivity contribution < 1.29 is 9.53 Å². The van der Waals surface area contributed by atoms with E-state index in [4.69, 9.17) is 10.1 Å². The lowest BCUT2D eigenvalue weighted by molar-refractivity contribution is -0.114. The second kappa shape index (κ2) is 8.55. The molecule has 0 fully saturated rings. The number of aliphatic imine (C=N–C) groups is 1. The molecule has 160 valence electrons. The number of ether oxygens (including phenoxy) is 1. The fraction of sp³-hybridized carbons (Fsp3) is 0.304. The zero-order valence-electron chi connectivity index (χ0n) is 18.1. The molecular weight excluding hydrogens is 410 g/mol. The van der Waals surface area contributed by atoms with E-state index in [-0.39, 0.29) is 11.4 Å². The summed E-state index contributed by atoms with van der Waals surface area (Å²) in [5.41, 5.74) is 3.98. The molecule has 3 heterocycles. The number of nitrogens with one attached hydrogen (secondary N) is 1. The first-order valence-electron chi connectivity index (χ1n) is 10.3. The van der Waals surface area contributed by atoms with Crippen LogP contribution in [0.15, 0.2) is 46.0 Å². The van der Waals surface area contributed by atoms with Gasteiger partial charge in [0.2, 0.25) is 5.17 Å². The van der Waals surface area contributed by atoms with Crippen molar-refractivity contribution in [2.75, 3.05) is 7.11 Å². The topological polar surface area (TPSA) is 83.0 Å². The summed E-state index contributed by atoms with van der Waals surface area (Å²) in [5.74, 6) is 0.427. The van der Waals surface area contributed by atoms with Gasteiger partial charge in [0, 0.05) is 11.4 Å². The summed E-state index contributed by atoms with van der Waals surface area (Å²) in [5, 5.41) is 15.9. The second-order valence-electron chi connectivity index (χ2n) is 7.45. The van der Waals surface area contributed by atoms with Gasteiger partial charge in [-0.2, -0.15) is 15.1 Å². The maximum Gasteiger partial charge on any atom is 0.283 e. The number of rotatable bonds is 6. The number of methoxy groups -OCH3 is 1. The minimum atomic E-state index is -0.405. The van der Waals surface area contributed by atoms with Crippen molar-refractivity contribution in [2.24, 2.45) is 10.1 Å². The van der Waals surface area contributed by atoms with Crippen molar-refractivity contribution in [3.8, 4) is 11.4 Å². The highest BCUT2D eigenvalue weighted by Crippen LogP contribution is 2.32. The number of para-hydroxylation sites is 2. The van der Waals surface area contributed by atoms with Crippen LogP contribution in [0.25, 0.3) is 11.8 Å². The molecule has 0 saturated carbocycles.